The molecule has 0 fully saturated rings. The molecule has 2 aromatic rings. The molecule has 1 amide bonds. The lowest BCUT2D eigenvalue weighted by molar-refractivity contribution is 0.102. The van der Waals surface area contributed by atoms with Crippen LogP contribution in [0.25, 0.3) is 0 Å². The van der Waals surface area contributed by atoms with Crippen molar-refractivity contribution in [1.82, 2.24) is 4.72 Å². The Hall–Kier alpha value is -2.18. The van der Waals surface area contributed by atoms with Crippen molar-refractivity contribution in [2.75, 3.05) is 5.32 Å². The number of nitrogens with one attached hydrogen (secondary N) is 2. The first-order valence-electron chi connectivity index (χ1n) is 7.18. The summed E-state index contributed by atoms with van der Waals surface area (Å²) >= 11 is 0. The van der Waals surface area contributed by atoms with Gasteiger partial charge in [0.25, 0.3) is 5.91 Å². The first-order chi connectivity index (χ1) is 10.7. The quantitative estimate of drug-likeness (QED) is 0.904. The molecule has 122 valence electrons. The standard InChI is InChI=1S/C17H20N2O3S/c1-17(2,3)19-23(21,22)15-11-9-14(10-12-15)18-16(20)13-7-5-4-6-8-13/h4-12,19H,1-3H3,(H,18,20). The highest BCUT2D eigenvalue weighted by Gasteiger charge is 2.21. The number of hydrogen-bond acceptors (Lipinski definition) is 3. The van der Waals surface area contributed by atoms with Crippen molar-refractivity contribution in [2.24, 2.45) is 0 Å². The lowest BCUT2D eigenvalue weighted by Gasteiger charge is -2.20. The number of hydrogen-bond donors (Lipinski definition) is 2. The van der Waals surface area contributed by atoms with Gasteiger partial charge in [-0.15, -0.1) is 0 Å². The van der Waals surface area contributed by atoms with E-state index in [0.29, 0.717) is 11.3 Å². The average molecular weight is 332 g/mol. The van der Waals surface area contributed by atoms with Crippen LogP contribution in [-0.4, -0.2) is 19.9 Å². The van der Waals surface area contributed by atoms with E-state index in [1.54, 1.807) is 57.2 Å². The molecule has 0 bridgehead atoms. The summed E-state index contributed by atoms with van der Waals surface area (Å²) in [5.41, 5.74) is 0.520. The fourth-order valence-electron chi connectivity index (χ4n) is 1.97. The third-order valence-electron chi connectivity index (χ3n) is 2.90. The Labute approximate surface area is 136 Å². The second-order valence-corrected chi connectivity index (χ2v) is 7.88. The Kier molecular flexibility index (Phi) is 4.87. The smallest absolute Gasteiger partial charge is 0.255 e. The fraction of sp³-hybridized carbons (Fsp3) is 0.235. The van der Waals surface area contributed by atoms with E-state index in [1.165, 1.54) is 12.1 Å². The zero-order valence-corrected chi connectivity index (χ0v) is 14.1. The molecule has 2 aromatic carbocycles. The Balaban J connectivity index is 2.13. The van der Waals surface area contributed by atoms with Gasteiger partial charge in [-0.25, -0.2) is 13.1 Å². The van der Waals surface area contributed by atoms with Crippen LogP contribution in [0.5, 0.6) is 0 Å². The van der Waals surface area contributed by atoms with Gasteiger partial charge in [0.15, 0.2) is 0 Å². The number of sulfonamides is 1. The molecule has 0 radical (unpaired) electrons. The van der Waals surface area contributed by atoms with Gasteiger partial charge >= 0.3 is 0 Å². The van der Waals surface area contributed by atoms with Crippen LogP contribution in [0.15, 0.2) is 59.5 Å². The van der Waals surface area contributed by atoms with Crippen LogP contribution in [0.3, 0.4) is 0 Å². The SMILES string of the molecule is CC(C)(C)NS(=O)(=O)c1ccc(NC(=O)c2ccccc2)cc1. The second-order valence-electron chi connectivity index (χ2n) is 6.20. The zero-order chi connectivity index (χ0) is 17.1. The van der Waals surface area contributed by atoms with Crippen LogP contribution in [0.2, 0.25) is 0 Å². The molecule has 0 aliphatic rings. The van der Waals surface area contributed by atoms with Gasteiger partial charge in [-0.1, -0.05) is 18.2 Å². The van der Waals surface area contributed by atoms with Crippen LogP contribution < -0.4 is 10.0 Å². The highest BCUT2D eigenvalue weighted by molar-refractivity contribution is 7.89. The first kappa shape index (κ1) is 17.2. The van der Waals surface area contributed by atoms with Crippen molar-refractivity contribution in [3.8, 4) is 0 Å². The van der Waals surface area contributed by atoms with Crippen molar-refractivity contribution in [3.05, 3.63) is 60.2 Å². The van der Waals surface area contributed by atoms with Crippen molar-refractivity contribution in [2.45, 2.75) is 31.2 Å². The molecule has 0 saturated heterocycles. The number of carbonyl (C=O) groups is 1. The zero-order valence-electron chi connectivity index (χ0n) is 13.3. The normalized spacial score (nSPS) is 12.0. The predicted octanol–water partition coefficient (Wildman–Crippen LogP) is 3.02. The number of carbonyl (C=O) groups excluding carboxylic acids is 1. The fourth-order valence-corrected chi connectivity index (χ4v) is 3.39. The lowest BCUT2D eigenvalue weighted by atomic mass is 10.1. The lowest BCUT2D eigenvalue weighted by Crippen LogP contribution is -2.40. The van der Waals surface area contributed by atoms with Gasteiger partial charge in [0.1, 0.15) is 0 Å². The third kappa shape index (κ3) is 4.91. The van der Waals surface area contributed by atoms with Gasteiger partial charge in [0.2, 0.25) is 10.0 Å². The summed E-state index contributed by atoms with van der Waals surface area (Å²) in [6, 6.07) is 14.9. The summed E-state index contributed by atoms with van der Waals surface area (Å²) < 4.78 is 27.0. The van der Waals surface area contributed by atoms with Crippen LogP contribution in [0, 0.1) is 0 Å². The molecule has 0 spiro atoms. The Bertz CT molecular complexity index is 777. The molecule has 5 nitrogen and oxygen atoms in total. The Morgan fingerprint density at radius 2 is 1.48 bits per heavy atom. The number of rotatable bonds is 4. The van der Waals surface area contributed by atoms with Crippen molar-refractivity contribution >= 4 is 21.6 Å². The highest BCUT2D eigenvalue weighted by Crippen LogP contribution is 2.17. The maximum absolute atomic E-state index is 12.2. The molecule has 0 unspecified atom stereocenters. The largest absolute Gasteiger partial charge is 0.322 e. The van der Waals surface area contributed by atoms with Crippen molar-refractivity contribution in [3.63, 3.8) is 0 Å². The summed E-state index contributed by atoms with van der Waals surface area (Å²) in [6.45, 7) is 5.33. The molecule has 0 saturated carbocycles. The maximum atomic E-state index is 12.2. The summed E-state index contributed by atoms with van der Waals surface area (Å²) in [6.07, 6.45) is 0. The summed E-state index contributed by atoms with van der Waals surface area (Å²) in [7, 11) is -3.58. The first-order valence-corrected chi connectivity index (χ1v) is 8.66. The van der Waals surface area contributed by atoms with E-state index in [2.05, 4.69) is 10.0 Å². The van der Waals surface area contributed by atoms with E-state index in [0.717, 1.165) is 0 Å². The molecule has 0 heterocycles. The Morgan fingerprint density at radius 1 is 0.913 bits per heavy atom. The van der Waals surface area contributed by atoms with Gasteiger partial charge in [-0.3, -0.25) is 4.79 Å². The van der Waals surface area contributed by atoms with E-state index in [4.69, 9.17) is 0 Å². The molecular weight excluding hydrogens is 312 g/mol. The molecule has 0 aromatic heterocycles. The van der Waals surface area contributed by atoms with Gasteiger partial charge in [0, 0.05) is 16.8 Å². The van der Waals surface area contributed by atoms with Gasteiger partial charge in [-0.2, -0.15) is 0 Å². The van der Waals surface area contributed by atoms with E-state index in [9.17, 15) is 13.2 Å². The molecule has 2 N–H and O–H groups in total. The topological polar surface area (TPSA) is 75.3 Å². The van der Waals surface area contributed by atoms with E-state index >= 15 is 0 Å². The molecule has 0 aliphatic carbocycles. The molecule has 6 heteroatoms. The van der Waals surface area contributed by atoms with Crippen molar-refractivity contribution in [1.29, 1.82) is 0 Å². The van der Waals surface area contributed by atoms with Crippen LogP contribution in [0.4, 0.5) is 5.69 Å². The minimum absolute atomic E-state index is 0.158. The highest BCUT2D eigenvalue weighted by atomic mass is 32.2. The maximum Gasteiger partial charge on any atom is 0.255 e. The van der Waals surface area contributed by atoms with E-state index in [1.807, 2.05) is 6.07 Å². The molecule has 0 atom stereocenters. The van der Waals surface area contributed by atoms with Gasteiger partial charge in [-0.05, 0) is 57.2 Å². The predicted molar refractivity (Wildman–Crippen MR) is 90.9 cm³/mol. The van der Waals surface area contributed by atoms with E-state index < -0.39 is 15.6 Å². The van der Waals surface area contributed by atoms with Crippen LogP contribution in [0.1, 0.15) is 31.1 Å². The Morgan fingerprint density at radius 3 is 2.00 bits per heavy atom. The monoisotopic (exact) mass is 332 g/mol. The number of benzene rings is 2. The minimum atomic E-state index is -3.58. The van der Waals surface area contributed by atoms with Gasteiger partial charge < -0.3 is 5.32 Å². The van der Waals surface area contributed by atoms with Crippen molar-refractivity contribution < 1.29 is 13.2 Å². The second kappa shape index (κ2) is 6.52. The number of anilines is 1. The molecule has 23 heavy (non-hydrogen) atoms. The average Bonchev–Trinajstić information content (AvgIpc) is 2.46. The molecule has 2 rings (SSSR count). The molecular formula is C17H20N2O3S. The van der Waals surface area contributed by atoms with Gasteiger partial charge in [0.05, 0.1) is 4.90 Å². The third-order valence-corrected chi connectivity index (χ3v) is 4.67. The summed E-state index contributed by atoms with van der Waals surface area (Å²) in [5.74, 6) is -0.242. The number of amides is 1. The minimum Gasteiger partial charge on any atom is -0.322 e. The summed E-state index contributed by atoms with van der Waals surface area (Å²) in [5, 5.41) is 2.73. The van der Waals surface area contributed by atoms with E-state index in [-0.39, 0.29) is 10.8 Å². The molecule has 0 aliphatic heterocycles. The van der Waals surface area contributed by atoms with Crippen LogP contribution >= 0.6 is 0 Å². The van der Waals surface area contributed by atoms with Crippen LogP contribution in [-0.2, 0) is 10.0 Å². The summed E-state index contributed by atoms with van der Waals surface area (Å²) in [4.78, 5) is 12.2.